The Morgan fingerprint density at radius 3 is 2.12 bits per heavy atom. The van der Waals surface area contributed by atoms with Crippen LogP contribution in [0.15, 0.2) is 73.3 Å². The van der Waals surface area contributed by atoms with Crippen LogP contribution in [-0.2, 0) is 22.7 Å². The molecule has 3 atom stereocenters. The Labute approximate surface area is 155 Å². The average Bonchev–Trinajstić information content (AvgIpc) is 3.06. The molecule has 0 spiro atoms. The smallest absolute Gasteiger partial charge is 0.0967 e. The van der Waals surface area contributed by atoms with E-state index in [-0.39, 0.29) is 12.2 Å². The molecule has 2 aromatic rings. The fraction of sp³-hybridized carbons (Fsp3) is 0.364. The average molecular weight is 355 g/mol. The summed E-state index contributed by atoms with van der Waals surface area (Å²) in [6.45, 7) is 5.14. The van der Waals surface area contributed by atoms with Crippen molar-refractivity contribution in [2.24, 2.45) is 0 Å². The normalized spacial score (nSPS) is 22.8. The molecule has 1 saturated heterocycles. The van der Waals surface area contributed by atoms with Crippen LogP contribution >= 0.6 is 11.8 Å². The fourth-order valence-corrected chi connectivity index (χ4v) is 4.55. The summed E-state index contributed by atoms with van der Waals surface area (Å²) >= 11 is 1.97. The first-order valence-electron chi connectivity index (χ1n) is 8.90. The summed E-state index contributed by atoms with van der Waals surface area (Å²) in [7, 11) is 0. The van der Waals surface area contributed by atoms with E-state index in [0.717, 1.165) is 18.6 Å². The number of hydrogen-bond donors (Lipinski definition) is 0. The van der Waals surface area contributed by atoms with Crippen molar-refractivity contribution < 1.29 is 9.47 Å². The molecule has 0 aromatic heterocycles. The van der Waals surface area contributed by atoms with Gasteiger partial charge in [0.1, 0.15) is 0 Å². The van der Waals surface area contributed by atoms with Crippen molar-refractivity contribution in [3.05, 3.63) is 84.4 Å². The highest BCUT2D eigenvalue weighted by atomic mass is 32.2. The number of thioether (sulfide) groups is 1. The quantitative estimate of drug-likeness (QED) is 0.574. The highest BCUT2D eigenvalue weighted by molar-refractivity contribution is 8.00. The van der Waals surface area contributed by atoms with Crippen LogP contribution in [0.4, 0.5) is 0 Å². The molecule has 3 heteroatoms. The minimum atomic E-state index is 0.133. The van der Waals surface area contributed by atoms with Crippen molar-refractivity contribution in [2.45, 2.75) is 43.5 Å². The molecule has 0 N–H and O–H groups in total. The lowest BCUT2D eigenvalue weighted by atomic mass is 10.1. The highest BCUT2D eigenvalue weighted by Gasteiger charge is 2.38. The number of ether oxygens (including phenoxy) is 2. The molecule has 1 aliphatic rings. The third-order valence-electron chi connectivity index (χ3n) is 4.45. The lowest BCUT2D eigenvalue weighted by molar-refractivity contribution is -0.0698. The van der Waals surface area contributed by atoms with Gasteiger partial charge in [0.2, 0.25) is 0 Å². The van der Waals surface area contributed by atoms with Gasteiger partial charge in [0.15, 0.2) is 0 Å². The molecule has 0 aliphatic carbocycles. The van der Waals surface area contributed by atoms with Crippen molar-refractivity contribution >= 4 is 11.8 Å². The van der Waals surface area contributed by atoms with Crippen LogP contribution in [0.25, 0.3) is 0 Å². The van der Waals surface area contributed by atoms with Gasteiger partial charge in [-0.3, -0.25) is 0 Å². The second-order valence-electron chi connectivity index (χ2n) is 6.33. The summed E-state index contributed by atoms with van der Waals surface area (Å²) in [5, 5.41) is 0.475. The topological polar surface area (TPSA) is 18.5 Å². The van der Waals surface area contributed by atoms with Crippen molar-refractivity contribution in [1.82, 2.24) is 0 Å². The predicted molar refractivity (Wildman–Crippen MR) is 106 cm³/mol. The molecule has 0 amide bonds. The Kier molecular flexibility index (Phi) is 7.16. The van der Waals surface area contributed by atoms with Crippen LogP contribution < -0.4 is 0 Å². The van der Waals surface area contributed by atoms with Gasteiger partial charge in [-0.05, 0) is 24.0 Å². The van der Waals surface area contributed by atoms with Gasteiger partial charge in [0.25, 0.3) is 0 Å². The minimum Gasteiger partial charge on any atom is -0.370 e. The van der Waals surface area contributed by atoms with E-state index in [0.29, 0.717) is 18.5 Å². The maximum Gasteiger partial charge on any atom is 0.0967 e. The van der Waals surface area contributed by atoms with Gasteiger partial charge in [0, 0.05) is 11.0 Å². The predicted octanol–water partition coefficient (Wildman–Crippen LogP) is 5.24. The van der Waals surface area contributed by atoms with Crippen molar-refractivity contribution in [3.8, 4) is 0 Å². The molecule has 0 saturated carbocycles. The summed E-state index contributed by atoms with van der Waals surface area (Å²) in [6, 6.07) is 20.7. The van der Waals surface area contributed by atoms with Gasteiger partial charge < -0.3 is 9.47 Å². The van der Waals surface area contributed by atoms with E-state index in [1.54, 1.807) is 0 Å². The van der Waals surface area contributed by atoms with Crippen LogP contribution in [0, 0.1) is 0 Å². The van der Waals surface area contributed by atoms with Crippen LogP contribution in [0.3, 0.4) is 0 Å². The number of hydrogen-bond acceptors (Lipinski definition) is 3. The third-order valence-corrected chi connectivity index (χ3v) is 5.91. The van der Waals surface area contributed by atoms with Gasteiger partial charge in [-0.1, -0.05) is 66.7 Å². The highest BCUT2D eigenvalue weighted by Crippen LogP contribution is 2.35. The molecule has 0 unspecified atom stereocenters. The molecule has 3 rings (SSSR count). The standard InChI is InChI=1S/C22H26O2S/c1-2-3-14-21-22(24-16-19-12-8-5-9-13-19)20(17-25-21)23-15-18-10-6-4-7-11-18/h2,4-13,20-22H,1,3,14-17H2/t20-,21-,22+/m1/s1. The summed E-state index contributed by atoms with van der Waals surface area (Å²) in [6.07, 6.45) is 4.39. The van der Waals surface area contributed by atoms with Crippen LogP contribution in [-0.4, -0.2) is 23.2 Å². The lowest BCUT2D eigenvalue weighted by Gasteiger charge is -2.24. The Morgan fingerprint density at radius 1 is 0.920 bits per heavy atom. The van der Waals surface area contributed by atoms with E-state index >= 15 is 0 Å². The van der Waals surface area contributed by atoms with Crippen molar-refractivity contribution in [3.63, 3.8) is 0 Å². The Bertz CT molecular complexity index is 629. The monoisotopic (exact) mass is 354 g/mol. The van der Waals surface area contributed by atoms with E-state index in [1.807, 2.05) is 30.0 Å². The van der Waals surface area contributed by atoms with Gasteiger partial charge in [-0.15, -0.1) is 6.58 Å². The van der Waals surface area contributed by atoms with E-state index in [2.05, 4.69) is 55.1 Å². The summed E-state index contributed by atoms with van der Waals surface area (Å²) in [5.41, 5.74) is 2.42. The largest absolute Gasteiger partial charge is 0.370 e. The van der Waals surface area contributed by atoms with Crippen molar-refractivity contribution in [1.29, 1.82) is 0 Å². The second kappa shape index (κ2) is 9.81. The van der Waals surface area contributed by atoms with E-state index in [9.17, 15) is 0 Å². The number of rotatable bonds is 9. The third kappa shape index (κ3) is 5.46. The molecule has 1 fully saturated rings. The second-order valence-corrected chi connectivity index (χ2v) is 7.61. The first kappa shape index (κ1) is 18.2. The van der Waals surface area contributed by atoms with Crippen LogP contribution in [0.5, 0.6) is 0 Å². The summed E-state index contributed by atoms with van der Waals surface area (Å²) in [4.78, 5) is 0. The SMILES string of the molecule is C=CCC[C@H]1SC[C@@H](OCc2ccccc2)[C@@H]1OCc1ccccc1. The Balaban J connectivity index is 1.60. The molecule has 132 valence electrons. The molecule has 2 aromatic carbocycles. The number of allylic oxidation sites excluding steroid dienone is 1. The van der Waals surface area contributed by atoms with Crippen LogP contribution in [0.1, 0.15) is 24.0 Å². The molecule has 0 bridgehead atoms. The first-order valence-corrected chi connectivity index (χ1v) is 9.95. The van der Waals surface area contributed by atoms with Gasteiger partial charge in [-0.25, -0.2) is 0 Å². The molecule has 1 aliphatic heterocycles. The van der Waals surface area contributed by atoms with E-state index in [4.69, 9.17) is 9.47 Å². The first-order chi connectivity index (χ1) is 12.4. The van der Waals surface area contributed by atoms with E-state index in [1.165, 1.54) is 11.1 Å². The zero-order valence-electron chi connectivity index (χ0n) is 14.6. The summed E-state index contributed by atoms with van der Waals surface area (Å²) in [5.74, 6) is 0.994. The minimum absolute atomic E-state index is 0.133. The summed E-state index contributed by atoms with van der Waals surface area (Å²) < 4.78 is 12.5. The molecular weight excluding hydrogens is 328 g/mol. The maximum absolute atomic E-state index is 6.32. The molecule has 2 nitrogen and oxygen atoms in total. The van der Waals surface area contributed by atoms with Gasteiger partial charge in [-0.2, -0.15) is 11.8 Å². The maximum atomic E-state index is 6.32. The van der Waals surface area contributed by atoms with E-state index < -0.39 is 0 Å². The zero-order chi connectivity index (χ0) is 17.3. The van der Waals surface area contributed by atoms with Gasteiger partial charge in [0.05, 0.1) is 25.4 Å². The van der Waals surface area contributed by atoms with Crippen molar-refractivity contribution in [2.75, 3.05) is 5.75 Å². The lowest BCUT2D eigenvalue weighted by Crippen LogP contribution is -2.34. The fourth-order valence-electron chi connectivity index (χ4n) is 3.08. The molecule has 25 heavy (non-hydrogen) atoms. The number of benzene rings is 2. The molecule has 0 radical (unpaired) electrons. The van der Waals surface area contributed by atoms with Gasteiger partial charge >= 0.3 is 0 Å². The Hall–Kier alpha value is -1.55. The molecular formula is C22H26O2S. The molecule has 1 heterocycles. The zero-order valence-corrected chi connectivity index (χ0v) is 15.4. The Morgan fingerprint density at radius 2 is 1.52 bits per heavy atom. The van der Waals surface area contributed by atoms with Crippen LogP contribution in [0.2, 0.25) is 0 Å².